The maximum Gasteiger partial charge on any atom is 0.309 e. The molecule has 4 saturated carbocycles. The number of rotatable bonds is 1. The molecule has 0 aromatic rings. The zero-order valence-electron chi connectivity index (χ0n) is 14.2. The zero-order valence-corrected chi connectivity index (χ0v) is 14.2. The zero-order chi connectivity index (χ0) is 15.8. The van der Waals surface area contributed by atoms with Gasteiger partial charge in [0.15, 0.2) is 0 Å². The second kappa shape index (κ2) is 4.39. The quantitative estimate of drug-likeness (QED) is 0.689. The predicted molar refractivity (Wildman–Crippen MR) is 87.4 cm³/mol. The SMILES string of the molecule is C=C1C[C@@]23CC[C@H]4C(C)(CCC[C@@]4(C)C(=O)O)[C@@H]2CC[C@H]1C3. The first kappa shape index (κ1) is 14.8. The van der Waals surface area contributed by atoms with Crippen molar-refractivity contribution >= 4 is 5.97 Å². The summed E-state index contributed by atoms with van der Waals surface area (Å²) in [5.41, 5.74) is 1.71. The van der Waals surface area contributed by atoms with Crippen molar-refractivity contribution in [1.29, 1.82) is 0 Å². The summed E-state index contributed by atoms with van der Waals surface area (Å²) in [6.07, 6.45) is 10.8. The van der Waals surface area contributed by atoms with Gasteiger partial charge in [-0.15, -0.1) is 0 Å². The molecular formula is C20H30O2. The van der Waals surface area contributed by atoms with Crippen LogP contribution < -0.4 is 0 Å². The van der Waals surface area contributed by atoms with Crippen molar-refractivity contribution in [1.82, 2.24) is 0 Å². The Balaban J connectivity index is 1.75. The molecule has 0 radical (unpaired) electrons. The van der Waals surface area contributed by atoms with Crippen molar-refractivity contribution in [2.24, 2.45) is 34.0 Å². The lowest BCUT2D eigenvalue weighted by Crippen LogP contribution is -2.58. The summed E-state index contributed by atoms with van der Waals surface area (Å²) in [6.45, 7) is 8.86. The van der Waals surface area contributed by atoms with Crippen molar-refractivity contribution in [3.8, 4) is 0 Å². The summed E-state index contributed by atoms with van der Waals surface area (Å²) in [4.78, 5) is 12.0. The Morgan fingerprint density at radius 1 is 1.14 bits per heavy atom. The highest BCUT2D eigenvalue weighted by atomic mass is 16.4. The van der Waals surface area contributed by atoms with E-state index in [0.717, 1.165) is 31.1 Å². The summed E-state index contributed by atoms with van der Waals surface area (Å²) < 4.78 is 0. The van der Waals surface area contributed by atoms with Gasteiger partial charge >= 0.3 is 5.97 Å². The van der Waals surface area contributed by atoms with Crippen LogP contribution in [-0.2, 0) is 4.79 Å². The number of hydrogen-bond donors (Lipinski definition) is 1. The van der Waals surface area contributed by atoms with E-state index in [1.54, 1.807) is 0 Å². The van der Waals surface area contributed by atoms with E-state index >= 15 is 0 Å². The second-order valence-corrected chi connectivity index (χ2v) is 9.40. The van der Waals surface area contributed by atoms with E-state index in [1.807, 2.05) is 6.92 Å². The van der Waals surface area contributed by atoms with Gasteiger partial charge < -0.3 is 5.11 Å². The highest BCUT2D eigenvalue weighted by molar-refractivity contribution is 5.75. The van der Waals surface area contributed by atoms with Crippen molar-refractivity contribution in [3.05, 3.63) is 12.2 Å². The molecular weight excluding hydrogens is 272 g/mol. The molecule has 0 aromatic heterocycles. The van der Waals surface area contributed by atoms with Gasteiger partial charge in [-0.1, -0.05) is 25.5 Å². The standard InChI is InChI=1S/C20H30O2/c1-13-11-20-10-7-15-18(2,16(20)6-5-14(13)12-20)8-4-9-19(15,3)17(21)22/h14-16H,1,4-12H2,2-3H3,(H,21,22)/t14-,15-,16-,18?,19+,20+/m0/s1. The largest absolute Gasteiger partial charge is 0.481 e. The van der Waals surface area contributed by atoms with Crippen LogP contribution in [0, 0.1) is 34.0 Å². The Kier molecular flexibility index (Phi) is 2.95. The number of hydrogen-bond acceptors (Lipinski definition) is 1. The van der Waals surface area contributed by atoms with Gasteiger partial charge in [-0.25, -0.2) is 0 Å². The van der Waals surface area contributed by atoms with Crippen LogP contribution in [0.4, 0.5) is 0 Å². The molecule has 4 aliphatic rings. The highest BCUT2D eigenvalue weighted by Gasteiger charge is 2.64. The van der Waals surface area contributed by atoms with Gasteiger partial charge in [0.05, 0.1) is 5.41 Å². The van der Waals surface area contributed by atoms with Gasteiger partial charge in [-0.2, -0.15) is 0 Å². The topological polar surface area (TPSA) is 37.3 Å². The Hall–Kier alpha value is -0.790. The molecule has 0 amide bonds. The Bertz CT molecular complexity index is 538. The van der Waals surface area contributed by atoms with Crippen molar-refractivity contribution in [2.75, 3.05) is 0 Å². The molecule has 1 N–H and O–H groups in total. The fourth-order valence-electron chi connectivity index (χ4n) is 7.61. The molecule has 0 saturated heterocycles. The van der Waals surface area contributed by atoms with E-state index in [4.69, 9.17) is 0 Å². The molecule has 122 valence electrons. The van der Waals surface area contributed by atoms with Crippen LogP contribution >= 0.6 is 0 Å². The molecule has 4 rings (SSSR count). The summed E-state index contributed by atoms with van der Waals surface area (Å²) in [6, 6.07) is 0. The first-order valence-electron chi connectivity index (χ1n) is 9.23. The molecule has 0 aliphatic heterocycles. The average Bonchev–Trinajstić information content (AvgIpc) is 2.68. The molecule has 6 atom stereocenters. The van der Waals surface area contributed by atoms with Crippen LogP contribution in [0.5, 0.6) is 0 Å². The third kappa shape index (κ3) is 1.65. The normalized spacial score (nSPS) is 53.7. The van der Waals surface area contributed by atoms with Crippen LogP contribution in [0.25, 0.3) is 0 Å². The lowest BCUT2D eigenvalue weighted by molar-refractivity contribution is -0.181. The first-order chi connectivity index (χ1) is 10.3. The molecule has 2 nitrogen and oxygen atoms in total. The number of fused-ring (bicyclic) bond motifs is 3. The minimum absolute atomic E-state index is 0.235. The number of allylic oxidation sites excluding steroid dienone is 1. The van der Waals surface area contributed by atoms with Gasteiger partial charge in [-0.3, -0.25) is 4.79 Å². The van der Waals surface area contributed by atoms with Gasteiger partial charge in [0.2, 0.25) is 0 Å². The van der Waals surface area contributed by atoms with Gasteiger partial charge in [0.25, 0.3) is 0 Å². The molecule has 0 heterocycles. The Labute approximate surface area is 134 Å². The van der Waals surface area contributed by atoms with Crippen LogP contribution in [-0.4, -0.2) is 11.1 Å². The number of carbonyl (C=O) groups is 1. The molecule has 22 heavy (non-hydrogen) atoms. The smallest absolute Gasteiger partial charge is 0.309 e. The van der Waals surface area contributed by atoms with E-state index in [9.17, 15) is 9.90 Å². The van der Waals surface area contributed by atoms with Crippen molar-refractivity contribution < 1.29 is 9.90 Å². The fraction of sp³-hybridized carbons (Fsp3) is 0.850. The molecule has 0 aromatic carbocycles. The average molecular weight is 302 g/mol. The maximum atomic E-state index is 12.0. The fourth-order valence-corrected chi connectivity index (χ4v) is 7.61. The first-order valence-corrected chi connectivity index (χ1v) is 9.23. The molecule has 2 bridgehead atoms. The second-order valence-electron chi connectivity index (χ2n) is 9.40. The van der Waals surface area contributed by atoms with E-state index in [-0.39, 0.29) is 5.41 Å². The Morgan fingerprint density at radius 3 is 2.64 bits per heavy atom. The predicted octanol–water partition coefficient (Wildman–Crippen LogP) is 5.04. The van der Waals surface area contributed by atoms with E-state index < -0.39 is 11.4 Å². The van der Waals surface area contributed by atoms with Crippen LogP contribution in [0.15, 0.2) is 12.2 Å². The van der Waals surface area contributed by atoms with E-state index in [2.05, 4.69) is 13.5 Å². The summed E-state index contributed by atoms with van der Waals surface area (Å²) in [5, 5.41) is 9.90. The molecule has 1 spiro atoms. The van der Waals surface area contributed by atoms with Crippen LogP contribution in [0.3, 0.4) is 0 Å². The highest BCUT2D eigenvalue weighted by Crippen LogP contribution is 2.72. The third-order valence-electron chi connectivity index (χ3n) is 8.54. The molecule has 2 heteroatoms. The van der Waals surface area contributed by atoms with Crippen LogP contribution in [0.1, 0.15) is 71.6 Å². The van der Waals surface area contributed by atoms with E-state index in [1.165, 1.54) is 44.1 Å². The summed E-state index contributed by atoms with van der Waals surface area (Å²) in [7, 11) is 0. The molecule has 4 fully saturated rings. The minimum Gasteiger partial charge on any atom is -0.481 e. The van der Waals surface area contributed by atoms with Crippen LogP contribution in [0.2, 0.25) is 0 Å². The van der Waals surface area contributed by atoms with E-state index in [0.29, 0.717) is 11.3 Å². The lowest BCUT2D eigenvalue weighted by atomic mass is 9.41. The summed E-state index contributed by atoms with van der Waals surface area (Å²) in [5.74, 6) is 1.32. The molecule has 1 unspecified atom stereocenters. The van der Waals surface area contributed by atoms with Gasteiger partial charge in [0.1, 0.15) is 0 Å². The van der Waals surface area contributed by atoms with Gasteiger partial charge in [-0.05, 0) is 86.9 Å². The number of carboxylic acids is 1. The Morgan fingerprint density at radius 2 is 1.91 bits per heavy atom. The van der Waals surface area contributed by atoms with Gasteiger partial charge in [0, 0.05) is 0 Å². The maximum absolute atomic E-state index is 12.0. The third-order valence-corrected chi connectivity index (χ3v) is 8.54. The van der Waals surface area contributed by atoms with Crippen molar-refractivity contribution in [2.45, 2.75) is 71.6 Å². The number of carboxylic acid groups (broad SMARTS) is 1. The lowest BCUT2D eigenvalue weighted by Gasteiger charge is -2.63. The van der Waals surface area contributed by atoms with Crippen molar-refractivity contribution in [3.63, 3.8) is 0 Å². The minimum atomic E-state index is -0.552. The number of aliphatic carboxylic acids is 1. The monoisotopic (exact) mass is 302 g/mol. The molecule has 4 aliphatic carbocycles. The summed E-state index contributed by atoms with van der Waals surface area (Å²) >= 11 is 0.